The molecule has 0 radical (unpaired) electrons. The van der Waals surface area contributed by atoms with Crippen molar-refractivity contribution in [3.8, 4) is 11.6 Å². The van der Waals surface area contributed by atoms with Crippen molar-refractivity contribution in [2.24, 2.45) is 5.14 Å². The molecule has 0 saturated heterocycles. The highest BCUT2D eigenvalue weighted by molar-refractivity contribution is 7.89. The molecule has 0 fully saturated rings. The molecule has 0 unspecified atom stereocenters. The Balaban J connectivity index is 2.12. The Morgan fingerprint density at radius 3 is 2.62 bits per heavy atom. The smallest absolute Gasteiger partial charge is 0.238 e. The van der Waals surface area contributed by atoms with Crippen molar-refractivity contribution in [2.75, 3.05) is 7.11 Å². The van der Waals surface area contributed by atoms with E-state index in [-0.39, 0.29) is 11.5 Å². The third-order valence-electron chi connectivity index (χ3n) is 2.83. The minimum Gasteiger partial charge on any atom is -0.487 e. The van der Waals surface area contributed by atoms with Gasteiger partial charge in [-0.25, -0.2) is 18.5 Å². The summed E-state index contributed by atoms with van der Waals surface area (Å²) in [7, 11) is -2.17. The minimum atomic E-state index is -3.71. The Labute approximate surface area is 123 Å². The molecule has 7 heteroatoms. The molecular formula is C14H16N2O4S. The summed E-state index contributed by atoms with van der Waals surface area (Å²) >= 11 is 0. The van der Waals surface area contributed by atoms with E-state index in [4.69, 9.17) is 14.6 Å². The van der Waals surface area contributed by atoms with Crippen molar-refractivity contribution in [3.05, 3.63) is 47.7 Å². The molecule has 21 heavy (non-hydrogen) atoms. The molecule has 0 bridgehead atoms. The third-order valence-corrected chi connectivity index (χ3v) is 3.90. The fourth-order valence-corrected chi connectivity index (χ4v) is 2.61. The maximum Gasteiger partial charge on any atom is 0.238 e. The predicted octanol–water partition coefficient (Wildman–Crippen LogP) is 1.63. The molecule has 1 aromatic carbocycles. The first-order valence-corrected chi connectivity index (χ1v) is 7.71. The first kappa shape index (κ1) is 15.3. The largest absolute Gasteiger partial charge is 0.487 e. The van der Waals surface area contributed by atoms with Gasteiger partial charge in [0, 0.05) is 6.07 Å². The summed E-state index contributed by atoms with van der Waals surface area (Å²) in [4.78, 5) is 4.31. The molecule has 0 aliphatic heterocycles. The van der Waals surface area contributed by atoms with E-state index in [1.165, 1.54) is 6.07 Å². The van der Waals surface area contributed by atoms with E-state index in [1.54, 1.807) is 32.2 Å². The summed E-state index contributed by atoms with van der Waals surface area (Å²) < 4.78 is 33.3. The van der Waals surface area contributed by atoms with Crippen LogP contribution in [0.3, 0.4) is 0 Å². The van der Waals surface area contributed by atoms with Crippen LogP contribution in [0.25, 0.3) is 0 Å². The lowest BCUT2D eigenvalue weighted by molar-refractivity contribution is 0.297. The number of primary sulfonamides is 1. The molecular weight excluding hydrogens is 292 g/mol. The second-order valence-corrected chi connectivity index (χ2v) is 5.96. The topological polar surface area (TPSA) is 91.5 Å². The van der Waals surface area contributed by atoms with Gasteiger partial charge in [-0.1, -0.05) is 6.07 Å². The van der Waals surface area contributed by atoms with Gasteiger partial charge in [-0.3, -0.25) is 0 Å². The number of nitrogens with two attached hydrogens (primary N) is 1. The Bertz CT molecular complexity index is 744. The zero-order valence-electron chi connectivity index (χ0n) is 11.7. The number of hydrogen-bond donors (Lipinski definition) is 1. The van der Waals surface area contributed by atoms with Gasteiger partial charge in [0.05, 0.1) is 17.7 Å². The molecule has 0 amide bonds. The number of methoxy groups -OCH3 is 1. The van der Waals surface area contributed by atoms with E-state index in [9.17, 15) is 8.42 Å². The fraction of sp³-hybridized carbons (Fsp3) is 0.214. The lowest BCUT2D eigenvalue weighted by Gasteiger charge is -2.09. The average molecular weight is 308 g/mol. The van der Waals surface area contributed by atoms with Crippen molar-refractivity contribution in [3.63, 3.8) is 0 Å². The zero-order chi connectivity index (χ0) is 15.5. The van der Waals surface area contributed by atoms with E-state index in [0.717, 1.165) is 0 Å². The molecule has 0 spiro atoms. The molecule has 1 aromatic heterocycles. The van der Waals surface area contributed by atoms with Gasteiger partial charge in [-0.2, -0.15) is 0 Å². The molecule has 2 rings (SSSR count). The second-order valence-electron chi connectivity index (χ2n) is 4.43. The van der Waals surface area contributed by atoms with Crippen molar-refractivity contribution < 1.29 is 17.9 Å². The quantitative estimate of drug-likeness (QED) is 0.906. The van der Waals surface area contributed by atoms with Crippen LogP contribution in [0, 0.1) is 6.92 Å². The number of ether oxygens (including phenoxy) is 2. The Hall–Kier alpha value is -2.12. The lowest BCUT2D eigenvalue weighted by Crippen LogP contribution is -2.13. The normalized spacial score (nSPS) is 11.2. The summed E-state index contributed by atoms with van der Waals surface area (Å²) in [6.45, 7) is 1.92. The molecule has 2 aromatic rings. The summed E-state index contributed by atoms with van der Waals surface area (Å²) in [6.07, 6.45) is 0. The van der Waals surface area contributed by atoms with Gasteiger partial charge in [-0.15, -0.1) is 0 Å². The lowest BCUT2D eigenvalue weighted by atomic mass is 10.2. The number of aromatic nitrogens is 1. The van der Waals surface area contributed by atoms with Gasteiger partial charge in [0.1, 0.15) is 12.4 Å². The molecule has 6 nitrogen and oxygen atoms in total. The summed E-state index contributed by atoms with van der Waals surface area (Å²) in [6, 6.07) is 9.99. The highest BCUT2D eigenvalue weighted by Gasteiger charge is 2.12. The van der Waals surface area contributed by atoms with Crippen LogP contribution >= 0.6 is 0 Å². The van der Waals surface area contributed by atoms with Crippen LogP contribution in [0.4, 0.5) is 0 Å². The first-order chi connectivity index (χ1) is 9.90. The van der Waals surface area contributed by atoms with Crippen molar-refractivity contribution >= 4 is 10.0 Å². The summed E-state index contributed by atoms with van der Waals surface area (Å²) in [5, 5.41) is 5.11. The van der Waals surface area contributed by atoms with Crippen LogP contribution in [-0.4, -0.2) is 20.5 Å². The average Bonchev–Trinajstić information content (AvgIpc) is 2.44. The summed E-state index contributed by atoms with van der Waals surface area (Å²) in [5.74, 6) is 1.06. The van der Waals surface area contributed by atoms with Crippen LogP contribution in [-0.2, 0) is 16.6 Å². The van der Waals surface area contributed by atoms with Crippen molar-refractivity contribution in [1.29, 1.82) is 0 Å². The number of nitrogens with zero attached hydrogens (tertiary/aromatic N) is 1. The monoisotopic (exact) mass is 308 g/mol. The van der Waals surface area contributed by atoms with Gasteiger partial charge < -0.3 is 9.47 Å². The number of sulfonamides is 1. The molecule has 0 atom stereocenters. The van der Waals surface area contributed by atoms with Crippen molar-refractivity contribution in [2.45, 2.75) is 18.4 Å². The molecule has 1 heterocycles. The van der Waals surface area contributed by atoms with E-state index >= 15 is 0 Å². The third kappa shape index (κ3) is 3.93. The fourth-order valence-electron chi connectivity index (χ4n) is 1.84. The maximum absolute atomic E-state index is 11.3. The Morgan fingerprint density at radius 2 is 2.00 bits per heavy atom. The summed E-state index contributed by atoms with van der Waals surface area (Å²) in [5.41, 5.74) is 1.25. The van der Waals surface area contributed by atoms with Crippen LogP contribution in [0.5, 0.6) is 11.6 Å². The van der Waals surface area contributed by atoms with E-state index in [0.29, 0.717) is 22.9 Å². The minimum absolute atomic E-state index is 0.0920. The first-order valence-electron chi connectivity index (χ1n) is 6.16. The van der Waals surface area contributed by atoms with Gasteiger partial charge in [0.2, 0.25) is 15.9 Å². The van der Waals surface area contributed by atoms with Crippen LogP contribution in [0.2, 0.25) is 0 Å². The van der Waals surface area contributed by atoms with Gasteiger partial charge in [0.15, 0.2) is 0 Å². The Kier molecular flexibility index (Phi) is 4.44. The highest BCUT2D eigenvalue weighted by Crippen LogP contribution is 2.21. The number of hydrogen-bond acceptors (Lipinski definition) is 5. The predicted molar refractivity (Wildman–Crippen MR) is 77.7 cm³/mol. The SMILES string of the molecule is COc1cccc(COc2ccc(S(N)(=O)=O)c(C)c2)n1. The van der Waals surface area contributed by atoms with Gasteiger partial charge >= 0.3 is 0 Å². The van der Waals surface area contributed by atoms with Crippen molar-refractivity contribution in [1.82, 2.24) is 4.98 Å². The molecule has 112 valence electrons. The van der Waals surface area contributed by atoms with E-state index in [1.807, 2.05) is 12.1 Å². The van der Waals surface area contributed by atoms with Crippen LogP contribution in [0.1, 0.15) is 11.3 Å². The molecule has 0 saturated carbocycles. The molecule has 0 aliphatic rings. The molecule has 2 N–H and O–H groups in total. The second kappa shape index (κ2) is 6.11. The maximum atomic E-state index is 11.3. The number of pyridine rings is 1. The highest BCUT2D eigenvalue weighted by atomic mass is 32.2. The standard InChI is InChI=1S/C14H16N2O4S/c1-10-8-12(6-7-13(10)21(15,17)18)20-9-11-4-3-5-14(16-11)19-2/h3-8H,9H2,1-2H3,(H2,15,17,18). The number of rotatable bonds is 5. The van der Waals surface area contributed by atoms with Crippen LogP contribution in [0.15, 0.2) is 41.3 Å². The molecule has 0 aliphatic carbocycles. The Morgan fingerprint density at radius 1 is 1.24 bits per heavy atom. The van der Waals surface area contributed by atoms with E-state index < -0.39 is 10.0 Å². The van der Waals surface area contributed by atoms with Gasteiger partial charge in [-0.05, 0) is 36.8 Å². The number of benzene rings is 1. The zero-order valence-corrected chi connectivity index (χ0v) is 12.6. The number of aryl methyl sites for hydroxylation is 1. The van der Waals surface area contributed by atoms with Crippen LogP contribution < -0.4 is 14.6 Å². The van der Waals surface area contributed by atoms with E-state index in [2.05, 4.69) is 4.98 Å². The van der Waals surface area contributed by atoms with Gasteiger partial charge in [0.25, 0.3) is 0 Å².